The highest BCUT2D eigenvalue weighted by Gasteiger charge is 2.00. The van der Waals surface area contributed by atoms with Crippen molar-refractivity contribution < 1.29 is 4.79 Å². The third-order valence-corrected chi connectivity index (χ3v) is 2.25. The Hall–Kier alpha value is -0.920. The largest absolute Gasteiger partial charge is 0.235 e. The second-order valence-electron chi connectivity index (χ2n) is 2.35. The average Bonchev–Trinajstić information content (AvgIpc) is 2.40. The Morgan fingerprint density at radius 3 is 3.18 bits per heavy atom. The summed E-state index contributed by atoms with van der Waals surface area (Å²) >= 11 is 1.69. The van der Waals surface area contributed by atoms with Gasteiger partial charge in [0.15, 0.2) is 0 Å². The Labute approximate surface area is 69.6 Å². The highest BCUT2D eigenvalue weighted by atomic mass is 32.1. The first-order valence-corrected chi connectivity index (χ1v) is 4.30. The van der Waals surface area contributed by atoms with Crippen molar-refractivity contribution in [1.29, 1.82) is 0 Å². The molecular weight excluding hydrogens is 158 g/mol. The van der Waals surface area contributed by atoms with Gasteiger partial charge in [-0.25, -0.2) is 9.79 Å². The zero-order valence-corrected chi connectivity index (χ0v) is 7.10. The lowest BCUT2D eigenvalue weighted by Gasteiger charge is -1.98. The van der Waals surface area contributed by atoms with Crippen LogP contribution in [-0.2, 0) is 11.2 Å². The number of hydrogen-bond donors (Lipinski definition) is 0. The van der Waals surface area contributed by atoms with E-state index in [2.05, 4.69) is 4.99 Å². The van der Waals surface area contributed by atoms with Crippen molar-refractivity contribution in [2.75, 3.05) is 0 Å². The van der Waals surface area contributed by atoms with E-state index in [0.29, 0.717) is 0 Å². The molecule has 0 aliphatic rings. The van der Waals surface area contributed by atoms with Crippen molar-refractivity contribution in [3.05, 3.63) is 22.4 Å². The fourth-order valence-electron chi connectivity index (χ4n) is 0.855. The number of nitrogens with zero attached hydrogens (tertiary/aromatic N) is 1. The van der Waals surface area contributed by atoms with Crippen LogP contribution < -0.4 is 0 Å². The van der Waals surface area contributed by atoms with Crippen LogP contribution in [0, 0.1) is 0 Å². The number of hydrogen-bond acceptors (Lipinski definition) is 3. The van der Waals surface area contributed by atoms with Gasteiger partial charge in [0, 0.05) is 11.3 Å². The SMILES string of the molecule is C[C@H](Cc1cccs1)N=C=O. The van der Waals surface area contributed by atoms with Crippen LogP contribution in [0.4, 0.5) is 0 Å². The van der Waals surface area contributed by atoms with E-state index < -0.39 is 0 Å². The molecule has 0 aliphatic carbocycles. The van der Waals surface area contributed by atoms with Crippen LogP contribution in [-0.4, -0.2) is 12.1 Å². The monoisotopic (exact) mass is 167 g/mol. The van der Waals surface area contributed by atoms with Crippen LogP contribution in [0.1, 0.15) is 11.8 Å². The number of isocyanates is 1. The van der Waals surface area contributed by atoms with Gasteiger partial charge in [-0.2, -0.15) is 0 Å². The van der Waals surface area contributed by atoms with Crippen LogP contribution in [0.3, 0.4) is 0 Å². The van der Waals surface area contributed by atoms with Crippen molar-refractivity contribution in [3.63, 3.8) is 0 Å². The molecule has 0 saturated heterocycles. The summed E-state index contributed by atoms with van der Waals surface area (Å²) in [6.07, 6.45) is 2.40. The van der Waals surface area contributed by atoms with E-state index >= 15 is 0 Å². The van der Waals surface area contributed by atoms with Crippen LogP contribution in [0.25, 0.3) is 0 Å². The molecule has 0 fully saturated rings. The van der Waals surface area contributed by atoms with Crippen molar-refractivity contribution in [2.45, 2.75) is 19.4 Å². The van der Waals surface area contributed by atoms with Gasteiger partial charge in [0.25, 0.3) is 0 Å². The molecule has 0 radical (unpaired) electrons. The summed E-state index contributed by atoms with van der Waals surface area (Å²) in [5, 5.41) is 2.02. The molecule has 3 heteroatoms. The Morgan fingerprint density at radius 2 is 2.64 bits per heavy atom. The summed E-state index contributed by atoms with van der Waals surface area (Å²) in [4.78, 5) is 14.7. The van der Waals surface area contributed by atoms with Crippen molar-refractivity contribution >= 4 is 17.4 Å². The molecule has 0 N–H and O–H groups in total. The highest BCUT2D eigenvalue weighted by molar-refractivity contribution is 7.09. The maximum Gasteiger partial charge on any atom is 0.235 e. The van der Waals surface area contributed by atoms with Crippen molar-refractivity contribution in [1.82, 2.24) is 0 Å². The van der Waals surface area contributed by atoms with Crippen molar-refractivity contribution in [2.24, 2.45) is 4.99 Å². The molecule has 1 rings (SSSR count). The summed E-state index contributed by atoms with van der Waals surface area (Å²) < 4.78 is 0. The molecular formula is C8H9NOS. The third-order valence-electron chi connectivity index (χ3n) is 1.35. The predicted molar refractivity (Wildman–Crippen MR) is 45.6 cm³/mol. The zero-order chi connectivity index (χ0) is 8.10. The Balaban J connectivity index is 2.49. The van der Waals surface area contributed by atoms with E-state index in [9.17, 15) is 4.79 Å². The topological polar surface area (TPSA) is 29.4 Å². The highest BCUT2D eigenvalue weighted by Crippen LogP contribution is 2.11. The molecule has 1 aromatic rings. The van der Waals surface area contributed by atoms with E-state index in [1.165, 1.54) is 4.88 Å². The maximum atomic E-state index is 9.86. The molecule has 0 unspecified atom stereocenters. The summed E-state index contributed by atoms with van der Waals surface area (Å²) in [5.41, 5.74) is 0. The van der Waals surface area contributed by atoms with Gasteiger partial charge in [0.1, 0.15) is 0 Å². The predicted octanol–water partition coefficient (Wildman–Crippen LogP) is 2.01. The zero-order valence-electron chi connectivity index (χ0n) is 6.28. The summed E-state index contributed by atoms with van der Waals surface area (Å²) in [6, 6.07) is 4.10. The minimum atomic E-state index is 0.0612. The first-order chi connectivity index (χ1) is 5.33. The Kier molecular flexibility index (Phi) is 3.02. The fourth-order valence-corrected chi connectivity index (χ4v) is 1.68. The Bertz CT molecular complexity index is 249. The second-order valence-corrected chi connectivity index (χ2v) is 3.39. The summed E-state index contributed by atoms with van der Waals surface area (Å²) in [6.45, 7) is 1.91. The first kappa shape index (κ1) is 8.18. The van der Waals surface area contributed by atoms with Crippen LogP contribution in [0.15, 0.2) is 22.5 Å². The van der Waals surface area contributed by atoms with Gasteiger partial charge in [-0.3, -0.25) is 0 Å². The lowest BCUT2D eigenvalue weighted by molar-refractivity contribution is 0.558. The lowest BCUT2D eigenvalue weighted by atomic mass is 10.2. The molecule has 0 aromatic carbocycles. The standard InChI is InChI=1S/C8H9NOS/c1-7(9-6-10)5-8-3-2-4-11-8/h2-4,7H,5H2,1H3/t7-/m1/s1. The molecule has 0 saturated carbocycles. The molecule has 0 aliphatic heterocycles. The minimum absolute atomic E-state index is 0.0612. The molecule has 1 aromatic heterocycles. The van der Waals surface area contributed by atoms with Crippen LogP contribution >= 0.6 is 11.3 Å². The summed E-state index contributed by atoms with van der Waals surface area (Å²) in [7, 11) is 0. The third kappa shape index (κ3) is 2.66. The number of carbonyl (C=O) groups excluding carboxylic acids is 1. The number of thiophene rings is 1. The van der Waals surface area contributed by atoms with Crippen molar-refractivity contribution in [3.8, 4) is 0 Å². The van der Waals surface area contributed by atoms with Gasteiger partial charge in [0.2, 0.25) is 6.08 Å². The molecule has 58 valence electrons. The fraction of sp³-hybridized carbons (Fsp3) is 0.375. The second kappa shape index (κ2) is 4.06. The summed E-state index contributed by atoms with van der Waals surface area (Å²) in [5.74, 6) is 0. The molecule has 1 atom stereocenters. The van der Waals surface area contributed by atoms with E-state index in [4.69, 9.17) is 0 Å². The van der Waals surface area contributed by atoms with E-state index in [1.54, 1.807) is 17.4 Å². The molecule has 2 nitrogen and oxygen atoms in total. The van der Waals surface area contributed by atoms with E-state index in [1.807, 2.05) is 24.4 Å². The smallest absolute Gasteiger partial charge is 0.211 e. The van der Waals surface area contributed by atoms with Gasteiger partial charge in [-0.15, -0.1) is 11.3 Å². The minimum Gasteiger partial charge on any atom is -0.211 e. The lowest BCUT2D eigenvalue weighted by Crippen LogP contribution is -2.00. The number of aliphatic imine (C=N–C) groups is 1. The maximum absolute atomic E-state index is 9.86. The molecule has 1 heterocycles. The van der Waals surface area contributed by atoms with Gasteiger partial charge in [0.05, 0.1) is 6.04 Å². The van der Waals surface area contributed by atoms with Gasteiger partial charge in [-0.1, -0.05) is 6.07 Å². The molecule has 0 bridgehead atoms. The van der Waals surface area contributed by atoms with E-state index in [-0.39, 0.29) is 6.04 Å². The molecule has 0 amide bonds. The van der Waals surface area contributed by atoms with E-state index in [0.717, 1.165) is 6.42 Å². The molecule has 0 spiro atoms. The van der Waals surface area contributed by atoms with Gasteiger partial charge < -0.3 is 0 Å². The van der Waals surface area contributed by atoms with Crippen LogP contribution in [0.2, 0.25) is 0 Å². The normalized spacial score (nSPS) is 12.1. The average molecular weight is 167 g/mol. The molecule has 11 heavy (non-hydrogen) atoms. The first-order valence-electron chi connectivity index (χ1n) is 3.42. The number of rotatable bonds is 3. The van der Waals surface area contributed by atoms with Gasteiger partial charge >= 0.3 is 0 Å². The van der Waals surface area contributed by atoms with Crippen LogP contribution in [0.5, 0.6) is 0 Å². The quantitative estimate of drug-likeness (QED) is 0.500. The Morgan fingerprint density at radius 1 is 1.82 bits per heavy atom. The van der Waals surface area contributed by atoms with Gasteiger partial charge in [-0.05, 0) is 18.4 Å².